The van der Waals surface area contributed by atoms with E-state index in [0.717, 1.165) is 24.0 Å². The van der Waals surface area contributed by atoms with Crippen LogP contribution in [-0.4, -0.2) is 68.4 Å². The van der Waals surface area contributed by atoms with E-state index in [0.29, 0.717) is 5.56 Å². The molecule has 2 fully saturated rings. The first kappa shape index (κ1) is 27.0. The fourth-order valence-electron chi connectivity index (χ4n) is 6.51. The third-order valence-corrected chi connectivity index (χ3v) is 8.76. The van der Waals surface area contributed by atoms with Gasteiger partial charge in [0.05, 0.1) is 12.1 Å². The fraction of sp³-hybridized carbons (Fsp3) is 0.344. The van der Waals surface area contributed by atoms with Gasteiger partial charge in [-0.3, -0.25) is 19.3 Å². The van der Waals surface area contributed by atoms with Crippen molar-refractivity contribution in [2.75, 3.05) is 6.73 Å². The Labute approximate surface area is 238 Å². The summed E-state index contributed by atoms with van der Waals surface area (Å²) in [5.74, 6) is -1.46. The molecule has 6 rings (SSSR count). The van der Waals surface area contributed by atoms with Gasteiger partial charge in [0, 0.05) is 11.1 Å². The molecule has 2 heterocycles. The number of β-lactam (4-membered cyclic amide) rings is 1. The maximum atomic E-state index is 13.8. The molecule has 0 aromatic heterocycles. The first-order valence-corrected chi connectivity index (χ1v) is 13.9. The minimum atomic E-state index is -1.64. The molecule has 3 amide bonds. The highest BCUT2D eigenvalue weighted by Crippen LogP contribution is 2.50. The van der Waals surface area contributed by atoms with Crippen molar-refractivity contribution in [3.8, 4) is 5.75 Å². The molecular formula is C32H33N3O6. The van der Waals surface area contributed by atoms with E-state index in [2.05, 4.69) is 11.4 Å². The van der Waals surface area contributed by atoms with Gasteiger partial charge in [0.1, 0.15) is 12.5 Å². The molecule has 2 aliphatic heterocycles. The number of hydrogen-bond acceptors (Lipinski definition) is 6. The lowest BCUT2D eigenvalue weighted by Crippen LogP contribution is -2.75. The van der Waals surface area contributed by atoms with Crippen LogP contribution in [0.25, 0.3) is 0 Å². The molecule has 0 spiro atoms. The average molecular weight is 556 g/mol. The number of aryl methyl sites for hydroxylation is 1. The quantitative estimate of drug-likeness (QED) is 0.386. The van der Waals surface area contributed by atoms with Gasteiger partial charge in [0.25, 0.3) is 17.7 Å². The van der Waals surface area contributed by atoms with Crippen LogP contribution in [0.5, 0.6) is 5.75 Å². The number of carbonyl (C=O) groups excluding carboxylic acids is 3. The van der Waals surface area contributed by atoms with Gasteiger partial charge < -0.3 is 25.2 Å². The first-order chi connectivity index (χ1) is 19.7. The van der Waals surface area contributed by atoms with Crippen LogP contribution >= 0.6 is 0 Å². The van der Waals surface area contributed by atoms with E-state index in [1.54, 1.807) is 24.0 Å². The summed E-state index contributed by atoms with van der Waals surface area (Å²) < 4.78 is 6.10. The van der Waals surface area contributed by atoms with Gasteiger partial charge in [-0.05, 0) is 61.9 Å². The Morgan fingerprint density at radius 3 is 2.59 bits per heavy atom. The summed E-state index contributed by atoms with van der Waals surface area (Å²) in [6, 6.07) is 19.9. The number of phenols is 1. The number of phenolic OH excluding ortho intramolecular Hbond substituents is 1. The number of aliphatic hydroxyl groups excluding tert-OH is 1. The predicted molar refractivity (Wildman–Crippen MR) is 150 cm³/mol. The molecule has 0 radical (unpaired) electrons. The number of nitrogens with zero attached hydrogens (tertiary/aromatic N) is 2. The van der Waals surface area contributed by atoms with Gasteiger partial charge in [0.2, 0.25) is 0 Å². The molecule has 1 aliphatic carbocycles. The Morgan fingerprint density at radius 1 is 1.07 bits per heavy atom. The zero-order valence-electron chi connectivity index (χ0n) is 23.0. The van der Waals surface area contributed by atoms with Crippen LogP contribution in [0.2, 0.25) is 0 Å². The number of amides is 3. The predicted octanol–water partition coefficient (Wildman–Crippen LogP) is 2.83. The Hall–Kier alpha value is -4.21. The fourth-order valence-corrected chi connectivity index (χ4v) is 6.51. The summed E-state index contributed by atoms with van der Waals surface area (Å²) in [5.41, 5.74) is 2.74. The number of likely N-dealkylation sites (tertiary alicyclic amines) is 1. The van der Waals surface area contributed by atoms with Crippen LogP contribution < -0.4 is 5.32 Å². The summed E-state index contributed by atoms with van der Waals surface area (Å²) in [6.07, 6.45) is 0.184. The van der Waals surface area contributed by atoms with Crippen LogP contribution in [0.4, 0.5) is 0 Å². The van der Waals surface area contributed by atoms with Gasteiger partial charge >= 0.3 is 0 Å². The van der Waals surface area contributed by atoms with E-state index in [1.807, 2.05) is 55.5 Å². The number of nitrogens with one attached hydrogen (secondary N) is 1. The minimum Gasteiger partial charge on any atom is -0.508 e. The van der Waals surface area contributed by atoms with Crippen LogP contribution in [0.3, 0.4) is 0 Å². The number of ether oxygens (including phenoxy) is 1. The summed E-state index contributed by atoms with van der Waals surface area (Å²) in [6.45, 7) is 3.29. The number of benzene rings is 3. The second kappa shape index (κ2) is 10.3. The molecule has 0 bridgehead atoms. The van der Waals surface area contributed by atoms with Gasteiger partial charge in [-0.2, -0.15) is 0 Å². The summed E-state index contributed by atoms with van der Waals surface area (Å²) in [7, 11) is 0. The lowest BCUT2D eigenvalue weighted by atomic mass is 9.87. The highest BCUT2D eigenvalue weighted by atomic mass is 16.6. The van der Waals surface area contributed by atoms with E-state index in [-0.39, 0.29) is 36.4 Å². The van der Waals surface area contributed by atoms with E-state index in [9.17, 15) is 24.6 Å². The number of hydrogen-bond donors (Lipinski definition) is 3. The van der Waals surface area contributed by atoms with Crippen LogP contribution in [0.1, 0.15) is 52.0 Å². The second-order valence-electron chi connectivity index (χ2n) is 11.2. The summed E-state index contributed by atoms with van der Waals surface area (Å²) >= 11 is 0. The molecular weight excluding hydrogens is 522 g/mol. The molecule has 3 unspecified atom stereocenters. The van der Waals surface area contributed by atoms with Crippen molar-refractivity contribution in [3.63, 3.8) is 0 Å². The monoisotopic (exact) mass is 555 g/mol. The molecule has 5 atom stereocenters. The minimum absolute atomic E-state index is 0.0275. The molecule has 3 N–H and O–H groups in total. The Bertz CT molecular complexity index is 1510. The molecule has 9 heteroatoms. The molecule has 3 aromatic rings. The average Bonchev–Trinajstić information content (AvgIpc) is 3.52. The molecule has 9 nitrogen and oxygen atoms in total. The van der Waals surface area contributed by atoms with Crippen molar-refractivity contribution in [1.82, 2.24) is 15.1 Å². The maximum absolute atomic E-state index is 13.8. The van der Waals surface area contributed by atoms with Crippen LogP contribution in [0, 0.1) is 6.92 Å². The third-order valence-electron chi connectivity index (χ3n) is 8.76. The number of aliphatic hydroxyl groups is 1. The van der Waals surface area contributed by atoms with Crippen molar-refractivity contribution in [3.05, 3.63) is 101 Å². The molecule has 0 saturated carbocycles. The second-order valence-corrected chi connectivity index (χ2v) is 11.2. The standard InChI is InChI=1S/C32H33N3O6/c1-19-22(13-8-14-26(19)36)29(38)33-24(17-20-9-4-3-5-10-20)27(37)30(39)34-18-41-32(2)28(34)31(40)35(32)25-16-15-21-11-6-7-12-23(21)25/h3-14,24-25,27-28,36-37H,15-18H2,1-2H3,(H,33,38)/t24-,25?,27-,28?,32?/m0/s1. The van der Waals surface area contributed by atoms with Crippen LogP contribution in [0.15, 0.2) is 72.8 Å². The number of rotatable bonds is 7. The summed E-state index contributed by atoms with van der Waals surface area (Å²) in [4.78, 5) is 43.6. The van der Waals surface area contributed by atoms with Crippen molar-refractivity contribution < 1.29 is 29.3 Å². The number of fused-ring (bicyclic) bond motifs is 2. The molecule has 3 aliphatic rings. The van der Waals surface area contributed by atoms with Gasteiger partial charge in [0.15, 0.2) is 17.9 Å². The molecule has 2 saturated heterocycles. The topological polar surface area (TPSA) is 119 Å². The lowest BCUT2D eigenvalue weighted by molar-refractivity contribution is -0.209. The maximum Gasteiger partial charge on any atom is 0.256 e. The first-order valence-electron chi connectivity index (χ1n) is 13.9. The summed E-state index contributed by atoms with van der Waals surface area (Å²) in [5, 5.41) is 24.3. The smallest absolute Gasteiger partial charge is 0.256 e. The van der Waals surface area contributed by atoms with E-state index in [1.165, 1.54) is 16.5 Å². The highest BCUT2D eigenvalue weighted by Gasteiger charge is 2.68. The lowest BCUT2D eigenvalue weighted by Gasteiger charge is -2.54. The van der Waals surface area contributed by atoms with Crippen molar-refractivity contribution in [2.24, 2.45) is 0 Å². The number of carbonyl (C=O) groups is 3. The van der Waals surface area contributed by atoms with E-state index >= 15 is 0 Å². The van der Waals surface area contributed by atoms with Gasteiger partial charge in [-0.25, -0.2) is 0 Å². The van der Waals surface area contributed by atoms with Crippen LogP contribution in [-0.2, 0) is 27.2 Å². The third kappa shape index (κ3) is 4.45. The van der Waals surface area contributed by atoms with Gasteiger partial charge in [-0.1, -0.05) is 60.7 Å². The zero-order valence-corrected chi connectivity index (χ0v) is 23.0. The largest absolute Gasteiger partial charge is 0.508 e. The Morgan fingerprint density at radius 2 is 1.80 bits per heavy atom. The molecule has 41 heavy (non-hydrogen) atoms. The van der Waals surface area contributed by atoms with Crippen molar-refractivity contribution in [1.29, 1.82) is 0 Å². The van der Waals surface area contributed by atoms with E-state index < -0.39 is 35.7 Å². The molecule has 3 aromatic carbocycles. The SMILES string of the molecule is Cc1c(O)cccc1C(=O)N[C@@H](Cc1ccccc1)[C@H](O)C(=O)N1COC2(C)C1C(=O)N2C1CCc2ccccc21. The van der Waals surface area contributed by atoms with Crippen molar-refractivity contribution >= 4 is 17.7 Å². The number of aromatic hydroxyl groups is 1. The molecule has 212 valence electrons. The van der Waals surface area contributed by atoms with Gasteiger partial charge in [-0.15, -0.1) is 0 Å². The Balaban J connectivity index is 1.23. The normalized spacial score (nSPS) is 24.3. The highest BCUT2D eigenvalue weighted by molar-refractivity contribution is 5.98. The van der Waals surface area contributed by atoms with Crippen molar-refractivity contribution in [2.45, 2.75) is 63.1 Å². The zero-order chi connectivity index (χ0) is 28.9. The Kier molecular flexibility index (Phi) is 6.79. The van der Waals surface area contributed by atoms with E-state index in [4.69, 9.17) is 4.74 Å².